The molecule has 120 valence electrons. The van der Waals surface area contributed by atoms with Gasteiger partial charge in [-0.05, 0) is 67.0 Å². The van der Waals surface area contributed by atoms with Crippen LogP contribution in [0.1, 0.15) is 51.3 Å². The highest BCUT2D eigenvalue weighted by molar-refractivity contribution is 9.11. The van der Waals surface area contributed by atoms with Gasteiger partial charge in [0.15, 0.2) is 0 Å². The summed E-state index contributed by atoms with van der Waals surface area (Å²) in [5, 5.41) is 3.82. The van der Waals surface area contributed by atoms with Crippen LogP contribution in [0, 0.1) is 0 Å². The van der Waals surface area contributed by atoms with Gasteiger partial charge in [-0.3, -0.25) is 4.90 Å². The summed E-state index contributed by atoms with van der Waals surface area (Å²) >= 11 is 5.49. The first kappa shape index (κ1) is 17.5. The van der Waals surface area contributed by atoms with Crippen molar-refractivity contribution < 1.29 is 0 Å². The van der Waals surface area contributed by atoms with Crippen LogP contribution in [0.25, 0.3) is 0 Å². The molecule has 1 unspecified atom stereocenters. The van der Waals surface area contributed by atoms with E-state index in [1.54, 1.807) is 0 Å². The van der Waals surface area contributed by atoms with E-state index in [1.807, 2.05) is 11.3 Å². The zero-order chi connectivity index (χ0) is 15.3. The van der Waals surface area contributed by atoms with Gasteiger partial charge in [-0.25, -0.2) is 0 Å². The number of rotatable bonds is 8. The molecular weight excluding hydrogens is 344 g/mol. The Hall–Kier alpha value is 0.1000. The Morgan fingerprint density at radius 3 is 2.38 bits per heavy atom. The second kappa shape index (κ2) is 8.09. The van der Waals surface area contributed by atoms with Crippen LogP contribution >= 0.6 is 27.3 Å². The van der Waals surface area contributed by atoms with Gasteiger partial charge >= 0.3 is 0 Å². The average Bonchev–Trinajstić information content (AvgIpc) is 3.10. The highest BCUT2D eigenvalue weighted by Gasteiger charge is 2.44. The molecule has 2 rings (SSSR count). The van der Waals surface area contributed by atoms with E-state index in [4.69, 9.17) is 0 Å². The quantitative estimate of drug-likeness (QED) is 0.711. The molecule has 0 aromatic carbocycles. The number of likely N-dealkylation sites (N-methyl/N-ethyl adjacent to an activating group) is 2. The molecule has 2 nitrogen and oxygen atoms in total. The summed E-state index contributed by atoms with van der Waals surface area (Å²) in [6.07, 6.45) is 6.61. The third kappa shape index (κ3) is 3.90. The van der Waals surface area contributed by atoms with E-state index < -0.39 is 0 Å². The summed E-state index contributed by atoms with van der Waals surface area (Å²) < 4.78 is 1.25. The maximum atomic E-state index is 3.82. The number of nitrogens with one attached hydrogen (secondary N) is 1. The highest BCUT2D eigenvalue weighted by Crippen LogP contribution is 2.40. The van der Waals surface area contributed by atoms with Gasteiger partial charge in [0.2, 0.25) is 0 Å². The molecule has 1 heterocycles. The lowest BCUT2D eigenvalue weighted by Crippen LogP contribution is -2.60. The molecule has 1 aliphatic rings. The van der Waals surface area contributed by atoms with Crippen molar-refractivity contribution in [1.29, 1.82) is 0 Å². The molecule has 0 saturated heterocycles. The first-order valence-electron chi connectivity index (χ1n) is 8.39. The standard InChI is InChI=1S/C17H29BrN2S/c1-4-19-15(13-14-9-10-16(18)21-14)17(11-7-8-12-17)20(5-2)6-3/h9-10,15,19H,4-8,11-13H2,1-3H3. The Morgan fingerprint density at radius 2 is 1.90 bits per heavy atom. The Morgan fingerprint density at radius 1 is 1.24 bits per heavy atom. The molecule has 1 N–H and O–H groups in total. The van der Waals surface area contributed by atoms with Crippen molar-refractivity contribution in [2.24, 2.45) is 0 Å². The third-order valence-corrected chi connectivity index (χ3v) is 6.64. The topological polar surface area (TPSA) is 15.3 Å². The Bertz CT molecular complexity index is 422. The molecule has 1 aromatic heterocycles. The van der Waals surface area contributed by atoms with E-state index in [1.165, 1.54) is 34.3 Å². The predicted molar refractivity (Wildman–Crippen MR) is 97.3 cm³/mol. The molecule has 0 bridgehead atoms. The van der Waals surface area contributed by atoms with Crippen LogP contribution in [-0.4, -0.2) is 36.1 Å². The minimum absolute atomic E-state index is 0.357. The van der Waals surface area contributed by atoms with Gasteiger partial charge in [0.1, 0.15) is 0 Å². The number of hydrogen-bond acceptors (Lipinski definition) is 3. The Kier molecular flexibility index (Phi) is 6.73. The van der Waals surface area contributed by atoms with Crippen LogP contribution in [0.4, 0.5) is 0 Å². The van der Waals surface area contributed by atoms with Crippen LogP contribution < -0.4 is 5.32 Å². The molecule has 4 heteroatoms. The Labute approximate surface area is 142 Å². The van der Waals surface area contributed by atoms with Crippen molar-refractivity contribution >= 4 is 27.3 Å². The van der Waals surface area contributed by atoms with Crippen molar-refractivity contribution in [3.05, 3.63) is 20.8 Å². The molecule has 0 radical (unpaired) electrons. The minimum Gasteiger partial charge on any atom is -0.312 e. The molecule has 1 aromatic rings. The number of nitrogens with zero attached hydrogens (tertiary/aromatic N) is 1. The molecule has 0 aliphatic heterocycles. The van der Waals surface area contributed by atoms with Crippen LogP contribution in [-0.2, 0) is 6.42 Å². The maximum Gasteiger partial charge on any atom is 0.0701 e. The largest absolute Gasteiger partial charge is 0.312 e. The molecule has 0 spiro atoms. The minimum atomic E-state index is 0.357. The van der Waals surface area contributed by atoms with Crippen LogP contribution in [0.2, 0.25) is 0 Å². The van der Waals surface area contributed by atoms with Crippen molar-refractivity contribution in [3.63, 3.8) is 0 Å². The van der Waals surface area contributed by atoms with Gasteiger partial charge in [0, 0.05) is 16.5 Å². The average molecular weight is 373 g/mol. The van der Waals surface area contributed by atoms with Gasteiger partial charge in [-0.1, -0.05) is 33.6 Å². The van der Waals surface area contributed by atoms with Crippen LogP contribution in [0.15, 0.2) is 15.9 Å². The van der Waals surface area contributed by atoms with E-state index in [2.05, 4.69) is 59.1 Å². The lowest BCUT2D eigenvalue weighted by Gasteiger charge is -2.46. The normalized spacial score (nSPS) is 19.3. The summed E-state index contributed by atoms with van der Waals surface area (Å²) in [5.74, 6) is 0. The molecule has 1 aliphatic carbocycles. The van der Waals surface area contributed by atoms with E-state index in [-0.39, 0.29) is 0 Å². The van der Waals surface area contributed by atoms with Crippen molar-refractivity contribution in [2.75, 3.05) is 19.6 Å². The van der Waals surface area contributed by atoms with Crippen molar-refractivity contribution in [1.82, 2.24) is 10.2 Å². The first-order chi connectivity index (χ1) is 10.2. The van der Waals surface area contributed by atoms with Crippen molar-refractivity contribution in [2.45, 2.75) is 64.5 Å². The summed E-state index contributed by atoms with van der Waals surface area (Å²) in [6.45, 7) is 10.2. The lowest BCUT2D eigenvalue weighted by atomic mass is 9.83. The fraction of sp³-hybridized carbons (Fsp3) is 0.765. The van der Waals surface area contributed by atoms with Gasteiger partial charge in [0.25, 0.3) is 0 Å². The first-order valence-corrected chi connectivity index (χ1v) is 9.99. The predicted octanol–water partition coefficient (Wildman–Crippen LogP) is 4.69. The second-order valence-corrected chi connectivity index (χ2v) is 8.55. The monoisotopic (exact) mass is 372 g/mol. The fourth-order valence-corrected chi connectivity index (χ4v) is 5.62. The molecule has 1 atom stereocenters. The van der Waals surface area contributed by atoms with E-state index in [0.29, 0.717) is 11.6 Å². The SMILES string of the molecule is CCNC(Cc1ccc(Br)s1)C1(N(CC)CC)CCCC1. The van der Waals surface area contributed by atoms with Crippen LogP contribution in [0.5, 0.6) is 0 Å². The van der Waals surface area contributed by atoms with E-state index in [9.17, 15) is 0 Å². The number of halogens is 1. The third-order valence-electron chi connectivity index (χ3n) is 5.00. The molecule has 0 amide bonds. The zero-order valence-electron chi connectivity index (χ0n) is 13.6. The van der Waals surface area contributed by atoms with Gasteiger partial charge in [-0.2, -0.15) is 0 Å². The zero-order valence-corrected chi connectivity index (χ0v) is 16.0. The molecule has 1 fully saturated rings. The van der Waals surface area contributed by atoms with Crippen LogP contribution in [0.3, 0.4) is 0 Å². The smallest absolute Gasteiger partial charge is 0.0701 e. The van der Waals surface area contributed by atoms with Crippen molar-refractivity contribution in [3.8, 4) is 0 Å². The summed E-state index contributed by atoms with van der Waals surface area (Å²) in [4.78, 5) is 4.21. The number of hydrogen-bond donors (Lipinski definition) is 1. The van der Waals surface area contributed by atoms with Gasteiger partial charge < -0.3 is 5.32 Å². The summed E-state index contributed by atoms with van der Waals surface area (Å²) in [6, 6.07) is 5.03. The maximum absolute atomic E-state index is 3.82. The number of thiophene rings is 1. The van der Waals surface area contributed by atoms with Gasteiger partial charge in [0.05, 0.1) is 3.79 Å². The van der Waals surface area contributed by atoms with Gasteiger partial charge in [-0.15, -0.1) is 11.3 Å². The second-order valence-electron chi connectivity index (χ2n) is 6.00. The Balaban J connectivity index is 2.23. The summed E-state index contributed by atoms with van der Waals surface area (Å²) in [7, 11) is 0. The molecule has 1 saturated carbocycles. The molecule has 21 heavy (non-hydrogen) atoms. The highest BCUT2D eigenvalue weighted by atomic mass is 79.9. The lowest BCUT2D eigenvalue weighted by molar-refractivity contribution is 0.0638. The molecular formula is C17H29BrN2S. The van der Waals surface area contributed by atoms with E-state index >= 15 is 0 Å². The summed E-state index contributed by atoms with van der Waals surface area (Å²) in [5.41, 5.74) is 0.357. The van der Waals surface area contributed by atoms with E-state index in [0.717, 1.165) is 26.1 Å². The fourth-order valence-electron chi connectivity index (χ4n) is 4.09.